The van der Waals surface area contributed by atoms with Gasteiger partial charge in [0.1, 0.15) is 23.6 Å². The Hall–Kier alpha value is -3.27. The lowest BCUT2D eigenvalue weighted by molar-refractivity contribution is -0.137. The highest BCUT2D eigenvalue weighted by atomic mass is 32.2. The number of methoxy groups -OCH3 is 1. The Morgan fingerprint density at radius 1 is 1.20 bits per heavy atom. The first-order valence-electron chi connectivity index (χ1n) is 13.0. The number of hydrogen-bond acceptors (Lipinski definition) is 10. The number of carbonyl (C=O) groups is 2. The number of ether oxygens (including phenoxy) is 1. The number of nitrogens with zero attached hydrogens (tertiary/aromatic N) is 4. The van der Waals surface area contributed by atoms with E-state index in [1.807, 2.05) is 4.90 Å². The van der Waals surface area contributed by atoms with Crippen LogP contribution in [0.15, 0.2) is 35.5 Å². The molecule has 1 unspecified atom stereocenters. The van der Waals surface area contributed by atoms with Crippen molar-refractivity contribution in [1.82, 2.24) is 30.8 Å². The molecular formula is C26H31F4N7O3S. The molecule has 1 aromatic carbocycles. The van der Waals surface area contributed by atoms with Crippen LogP contribution in [-0.4, -0.2) is 92.1 Å². The molecule has 0 radical (unpaired) electrons. The average Bonchev–Trinajstić information content (AvgIpc) is 3.36. The van der Waals surface area contributed by atoms with Crippen LogP contribution in [0.2, 0.25) is 0 Å². The van der Waals surface area contributed by atoms with E-state index in [0.29, 0.717) is 49.5 Å². The van der Waals surface area contributed by atoms with Crippen LogP contribution in [0.5, 0.6) is 0 Å². The highest BCUT2D eigenvalue weighted by molar-refractivity contribution is 8.04. The van der Waals surface area contributed by atoms with Gasteiger partial charge >= 0.3 is 6.18 Å². The molecule has 10 nitrogen and oxygen atoms in total. The molecule has 15 heteroatoms. The Morgan fingerprint density at radius 3 is 2.63 bits per heavy atom. The fourth-order valence-corrected chi connectivity index (χ4v) is 5.49. The lowest BCUT2D eigenvalue weighted by Gasteiger charge is -2.34. The number of rotatable bonds is 12. The first-order chi connectivity index (χ1) is 19.7. The van der Waals surface area contributed by atoms with Crippen molar-refractivity contribution in [3.05, 3.63) is 58.1 Å². The summed E-state index contributed by atoms with van der Waals surface area (Å²) in [4.78, 5) is 37.0. The van der Waals surface area contributed by atoms with Gasteiger partial charge in [0.25, 0.3) is 5.91 Å². The monoisotopic (exact) mass is 597 g/mol. The van der Waals surface area contributed by atoms with Crippen LogP contribution >= 0.6 is 11.8 Å². The number of aldehydes is 1. The molecule has 2 aliphatic heterocycles. The third-order valence-electron chi connectivity index (χ3n) is 6.49. The van der Waals surface area contributed by atoms with E-state index in [2.05, 4.69) is 30.8 Å². The molecule has 1 aromatic heterocycles. The third-order valence-corrected chi connectivity index (χ3v) is 7.59. The second-order valence-corrected chi connectivity index (χ2v) is 10.6. The van der Waals surface area contributed by atoms with E-state index in [1.165, 1.54) is 24.2 Å². The average molecular weight is 598 g/mol. The van der Waals surface area contributed by atoms with Gasteiger partial charge in [0.15, 0.2) is 5.50 Å². The molecule has 0 bridgehead atoms. The van der Waals surface area contributed by atoms with Crippen molar-refractivity contribution in [2.24, 2.45) is 0 Å². The summed E-state index contributed by atoms with van der Waals surface area (Å²) < 4.78 is 59.2. The molecule has 3 N–H and O–H groups in total. The SMILES string of the molecule is COCCNCC1=C(c2cc(F)cc(C(F)(F)F)c2)NC(NC(=O)c2cnc(N3CCN(CCC=O)CC3)cn2)S1. The van der Waals surface area contributed by atoms with Gasteiger partial charge in [0.2, 0.25) is 0 Å². The second kappa shape index (κ2) is 14.1. The fraction of sp³-hybridized carbons (Fsp3) is 0.462. The zero-order valence-corrected chi connectivity index (χ0v) is 23.2. The standard InChI is InChI=1S/C26H31F4N7O3S/c1-40-10-3-31-15-21-23(17-11-18(26(28,29)30)13-19(27)12-17)34-25(41-21)35-24(39)20-14-33-22(16-32-20)37-7-5-36(6-8-37)4-2-9-38/h9,11-14,16,25,31,34H,2-8,10,15H2,1H3,(H,35,39). The largest absolute Gasteiger partial charge is 0.416 e. The van der Waals surface area contributed by atoms with E-state index in [-0.39, 0.29) is 23.5 Å². The summed E-state index contributed by atoms with van der Waals surface area (Å²) in [6.45, 7) is 4.89. The Labute approximate surface area is 238 Å². The van der Waals surface area contributed by atoms with E-state index >= 15 is 0 Å². The minimum Gasteiger partial charge on any atom is -0.383 e. The van der Waals surface area contributed by atoms with Crippen molar-refractivity contribution in [2.45, 2.75) is 18.1 Å². The number of piperazine rings is 1. The van der Waals surface area contributed by atoms with Crippen LogP contribution in [0, 0.1) is 5.82 Å². The van der Waals surface area contributed by atoms with Crippen LogP contribution in [0.3, 0.4) is 0 Å². The Kier molecular flexibility index (Phi) is 10.5. The van der Waals surface area contributed by atoms with E-state index < -0.39 is 29.0 Å². The maximum absolute atomic E-state index is 14.2. The maximum atomic E-state index is 14.2. The van der Waals surface area contributed by atoms with Crippen molar-refractivity contribution >= 4 is 35.5 Å². The summed E-state index contributed by atoms with van der Waals surface area (Å²) in [5.41, 5.74) is -1.48. The molecule has 1 amide bonds. The summed E-state index contributed by atoms with van der Waals surface area (Å²) >= 11 is 1.19. The predicted molar refractivity (Wildman–Crippen MR) is 146 cm³/mol. The van der Waals surface area contributed by atoms with Gasteiger partial charge in [0, 0.05) is 69.8 Å². The summed E-state index contributed by atoms with van der Waals surface area (Å²) in [7, 11) is 1.54. The van der Waals surface area contributed by atoms with Crippen molar-refractivity contribution in [2.75, 3.05) is 64.4 Å². The quantitative estimate of drug-likeness (QED) is 0.192. The lowest BCUT2D eigenvalue weighted by Crippen LogP contribution is -2.47. The smallest absolute Gasteiger partial charge is 0.383 e. The number of nitrogens with one attached hydrogen (secondary N) is 3. The van der Waals surface area contributed by atoms with Crippen molar-refractivity contribution in [1.29, 1.82) is 0 Å². The number of carbonyl (C=O) groups excluding carboxylic acids is 2. The molecule has 0 aliphatic carbocycles. The summed E-state index contributed by atoms with van der Waals surface area (Å²) in [5.74, 6) is -0.924. The number of hydrogen-bond donors (Lipinski definition) is 3. The topological polar surface area (TPSA) is 112 Å². The number of anilines is 1. The predicted octanol–water partition coefficient (Wildman–Crippen LogP) is 2.30. The van der Waals surface area contributed by atoms with Gasteiger partial charge in [-0.3, -0.25) is 9.69 Å². The zero-order valence-electron chi connectivity index (χ0n) is 22.3. The molecule has 1 atom stereocenters. The van der Waals surface area contributed by atoms with E-state index in [0.717, 1.165) is 38.1 Å². The molecule has 4 rings (SSSR count). The first-order valence-corrected chi connectivity index (χ1v) is 13.8. The van der Waals surface area contributed by atoms with Crippen LogP contribution in [0.4, 0.5) is 23.4 Å². The zero-order chi connectivity index (χ0) is 29.4. The number of halogens is 4. The second-order valence-electron chi connectivity index (χ2n) is 9.35. The summed E-state index contributed by atoms with van der Waals surface area (Å²) in [5, 5.41) is 8.90. The summed E-state index contributed by atoms with van der Waals surface area (Å²) in [6.07, 6.45) is -0.429. The van der Waals surface area contributed by atoms with Crippen LogP contribution in [0.25, 0.3) is 5.70 Å². The van der Waals surface area contributed by atoms with Crippen molar-refractivity contribution < 1.29 is 31.9 Å². The van der Waals surface area contributed by atoms with Crippen molar-refractivity contribution in [3.63, 3.8) is 0 Å². The molecule has 1 saturated heterocycles. The lowest BCUT2D eigenvalue weighted by atomic mass is 10.1. The highest BCUT2D eigenvalue weighted by Crippen LogP contribution is 2.37. The Balaban J connectivity index is 1.41. The number of thioether (sulfide) groups is 1. The van der Waals surface area contributed by atoms with Gasteiger partial charge < -0.3 is 30.4 Å². The first kappa shape index (κ1) is 30.7. The van der Waals surface area contributed by atoms with Gasteiger partial charge in [-0.1, -0.05) is 11.8 Å². The molecule has 41 heavy (non-hydrogen) atoms. The molecule has 2 aromatic rings. The molecule has 0 saturated carbocycles. The maximum Gasteiger partial charge on any atom is 0.416 e. The van der Waals surface area contributed by atoms with Gasteiger partial charge in [0.05, 0.1) is 30.3 Å². The van der Waals surface area contributed by atoms with Crippen LogP contribution in [0.1, 0.15) is 28.0 Å². The van der Waals surface area contributed by atoms with Gasteiger partial charge in [-0.25, -0.2) is 14.4 Å². The molecule has 3 heterocycles. The molecule has 222 valence electrons. The minimum absolute atomic E-state index is 0.0144. The Bertz CT molecular complexity index is 1240. The fourth-order valence-electron chi connectivity index (χ4n) is 4.39. The third kappa shape index (κ3) is 8.38. The number of alkyl halides is 3. The number of amides is 1. The van der Waals surface area contributed by atoms with E-state index in [4.69, 9.17) is 4.74 Å². The van der Waals surface area contributed by atoms with Crippen LogP contribution in [-0.2, 0) is 15.7 Å². The normalized spacial score (nSPS) is 18.0. The van der Waals surface area contributed by atoms with Crippen molar-refractivity contribution in [3.8, 4) is 0 Å². The molecular weight excluding hydrogens is 566 g/mol. The number of aromatic nitrogens is 2. The van der Waals surface area contributed by atoms with Gasteiger partial charge in [-0.15, -0.1) is 0 Å². The van der Waals surface area contributed by atoms with E-state index in [1.54, 1.807) is 7.11 Å². The van der Waals surface area contributed by atoms with Gasteiger partial charge in [-0.2, -0.15) is 13.2 Å². The van der Waals surface area contributed by atoms with Gasteiger partial charge in [-0.05, 0) is 18.2 Å². The highest BCUT2D eigenvalue weighted by Gasteiger charge is 2.33. The summed E-state index contributed by atoms with van der Waals surface area (Å²) in [6, 6.07) is 2.33. The van der Waals surface area contributed by atoms with E-state index in [9.17, 15) is 27.2 Å². The number of benzene rings is 1. The molecule has 0 spiro atoms. The minimum atomic E-state index is -4.72. The molecule has 2 aliphatic rings. The Morgan fingerprint density at radius 2 is 1.98 bits per heavy atom. The molecule has 1 fully saturated rings. The van der Waals surface area contributed by atoms with Crippen LogP contribution < -0.4 is 20.9 Å².